The van der Waals surface area contributed by atoms with Crippen molar-refractivity contribution in [3.05, 3.63) is 54.3 Å². The number of hydrogen-bond donors (Lipinski definition) is 1. The van der Waals surface area contributed by atoms with Crippen molar-refractivity contribution in [3.63, 3.8) is 0 Å². The molecule has 1 aromatic heterocycles. The lowest BCUT2D eigenvalue weighted by Gasteiger charge is -2.09. The second kappa shape index (κ2) is 8.64. The zero-order chi connectivity index (χ0) is 19.2. The Morgan fingerprint density at radius 2 is 2.00 bits per heavy atom. The van der Waals surface area contributed by atoms with Gasteiger partial charge in [-0.3, -0.25) is 9.59 Å². The Morgan fingerprint density at radius 1 is 1.19 bits per heavy atom. The number of carbonyl (C=O) groups excluding carboxylic acids is 2. The summed E-state index contributed by atoms with van der Waals surface area (Å²) < 4.78 is 15.7. The van der Waals surface area contributed by atoms with Crippen LogP contribution in [-0.4, -0.2) is 31.8 Å². The second-order valence-electron chi connectivity index (χ2n) is 5.71. The molecule has 2 aromatic carbocycles. The first-order chi connectivity index (χ1) is 13.1. The average molecular weight is 385 g/mol. The van der Waals surface area contributed by atoms with Gasteiger partial charge < -0.3 is 19.2 Å². The number of hydrogen-bond acceptors (Lipinski definition) is 6. The van der Waals surface area contributed by atoms with E-state index in [9.17, 15) is 9.59 Å². The molecule has 0 saturated carbocycles. The molecule has 140 valence electrons. The van der Waals surface area contributed by atoms with Crippen LogP contribution in [0.15, 0.2) is 58.0 Å². The van der Waals surface area contributed by atoms with Crippen LogP contribution >= 0.6 is 11.8 Å². The Hall–Kier alpha value is -2.93. The number of rotatable bonds is 7. The summed E-state index contributed by atoms with van der Waals surface area (Å²) in [6, 6.07) is 12.8. The molecule has 0 saturated heterocycles. The monoisotopic (exact) mass is 385 g/mol. The maximum atomic E-state index is 12.1. The van der Waals surface area contributed by atoms with E-state index in [1.54, 1.807) is 25.3 Å². The SMILES string of the molecule is COc1ccc2c(CC(=O)OCC(=O)Nc3ccccc3SC)coc2c1. The summed E-state index contributed by atoms with van der Waals surface area (Å²) in [6.07, 6.45) is 3.46. The van der Waals surface area contributed by atoms with Crippen molar-refractivity contribution in [1.82, 2.24) is 0 Å². The molecule has 1 amide bonds. The van der Waals surface area contributed by atoms with Crippen LogP contribution in [0.1, 0.15) is 5.56 Å². The first kappa shape index (κ1) is 18.8. The third kappa shape index (κ3) is 4.62. The first-order valence-electron chi connectivity index (χ1n) is 8.23. The van der Waals surface area contributed by atoms with Crippen molar-refractivity contribution in [1.29, 1.82) is 0 Å². The highest BCUT2D eigenvalue weighted by atomic mass is 32.2. The van der Waals surface area contributed by atoms with E-state index in [2.05, 4.69) is 5.32 Å². The number of thioether (sulfide) groups is 1. The van der Waals surface area contributed by atoms with Crippen molar-refractivity contribution >= 4 is 40.3 Å². The van der Waals surface area contributed by atoms with E-state index in [1.165, 1.54) is 18.0 Å². The van der Waals surface area contributed by atoms with E-state index in [0.717, 1.165) is 10.3 Å². The summed E-state index contributed by atoms with van der Waals surface area (Å²) in [6.45, 7) is -0.342. The quantitative estimate of drug-likeness (QED) is 0.491. The fourth-order valence-corrected chi connectivity index (χ4v) is 3.17. The van der Waals surface area contributed by atoms with Crippen LogP contribution in [-0.2, 0) is 20.7 Å². The molecule has 0 aliphatic carbocycles. The minimum atomic E-state index is -0.498. The number of amides is 1. The highest BCUT2D eigenvalue weighted by Gasteiger charge is 2.14. The van der Waals surface area contributed by atoms with Crippen molar-refractivity contribution in [2.75, 3.05) is 25.3 Å². The van der Waals surface area contributed by atoms with Crippen LogP contribution in [0.5, 0.6) is 5.75 Å². The molecule has 7 heteroatoms. The minimum absolute atomic E-state index is 0.0218. The van der Waals surface area contributed by atoms with E-state index in [4.69, 9.17) is 13.9 Å². The number of carbonyl (C=O) groups is 2. The van der Waals surface area contributed by atoms with Gasteiger partial charge in [0.05, 0.1) is 25.5 Å². The van der Waals surface area contributed by atoms with Gasteiger partial charge in [0.15, 0.2) is 6.61 Å². The van der Waals surface area contributed by atoms with Gasteiger partial charge in [-0.1, -0.05) is 12.1 Å². The Labute approximate surface area is 160 Å². The number of nitrogens with one attached hydrogen (secondary N) is 1. The number of methoxy groups -OCH3 is 1. The molecule has 1 N–H and O–H groups in total. The summed E-state index contributed by atoms with van der Waals surface area (Å²) in [4.78, 5) is 25.1. The third-order valence-corrected chi connectivity index (χ3v) is 4.74. The van der Waals surface area contributed by atoms with Gasteiger partial charge in [-0.15, -0.1) is 11.8 Å². The van der Waals surface area contributed by atoms with Crippen molar-refractivity contribution in [3.8, 4) is 5.75 Å². The third-order valence-electron chi connectivity index (χ3n) is 3.94. The molecule has 3 rings (SSSR count). The van der Waals surface area contributed by atoms with Crippen molar-refractivity contribution < 1.29 is 23.5 Å². The number of ether oxygens (including phenoxy) is 2. The van der Waals surface area contributed by atoms with Gasteiger partial charge in [0.1, 0.15) is 11.3 Å². The van der Waals surface area contributed by atoms with Crippen LogP contribution in [0.2, 0.25) is 0 Å². The van der Waals surface area contributed by atoms with Crippen LogP contribution in [0.4, 0.5) is 5.69 Å². The van der Waals surface area contributed by atoms with Gasteiger partial charge in [-0.2, -0.15) is 0 Å². The molecule has 6 nitrogen and oxygen atoms in total. The summed E-state index contributed by atoms with van der Waals surface area (Å²) >= 11 is 1.53. The minimum Gasteiger partial charge on any atom is -0.497 e. The summed E-state index contributed by atoms with van der Waals surface area (Å²) in [5, 5.41) is 3.56. The Balaban J connectivity index is 1.56. The van der Waals surface area contributed by atoms with Crippen molar-refractivity contribution in [2.45, 2.75) is 11.3 Å². The summed E-state index contributed by atoms with van der Waals surface area (Å²) in [5.74, 6) is -0.207. The van der Waals surface area contributed by atoms with Gasteiger partial charge in [-0.25, -0.2) is 0 Å². The average Bonchev–Trinajstić information content (AvgIpc) is 3.08. The highest BCUT2D eigenvalue weighted by Crippen LogP contribution is 2.26. The van der Waals surface area contributed by atoms with E-state index < -0.39 is 5.97 Å². The van der Waals surface area contributed by atoms with Crippen LogP contribution < -0.4 is 10.1 Å². The van der Waals surface area contributed by atoms with Gasteiger partial charge in [-0.05, 0) is 30.5 Å². The molecule has 0 spiro atoms. The number of esters is 1. The number of para-hydroxylation sites is 1. The lowest BCUT2D eigenvalue weighted by molar-refractivity contribution is -0.146. The van der Waals surface area contributed by atoms with E-state index >= 15 is 0 Å². The predicted octanol–water partition coefficient (Wildman–Crippen LogP) is 3.89. The number of anilines is 1. The van der Waals surface area contributed by atoms with Gasteiger partial charge in [0.2, 0.25) is 0 Å². The van der Waals surface area contributed by atoms with E-state index in [1.807, 2.05) is 30.5 Å². The lowest BCUT2D eigenvalue weighted by Crippen LogP contribution is -2.21. The summed E-state index contributed by atoms with van der Waals surface area (Å²) in [5.41, 5.74) is 2.02. The Bertz CT molecular complexity index is 966. The zero-order valence-corrected chi connectivity index (χ0v) is 15.8. The maximum Gasteiger partial charge on any atom is 0.310 e. The lowest BCUT2D eigenvalue weighted by atomic mass is 10.1. The van der Waals surface area contributed by atoms with Crippen LogP contribution in [0.25, 0.3) is 11.0 Å². The van der Waals surface area contributed by atoms with Crippen LogP contribution in [0, 0.1) is 0 Å². The predicted molar refractivity (Wildman–Crippen MR) is 104 cm³/mol. The van der Waals surface area contributed by atoms with E-state index in [0.29, 0.717) is 22.6 Å². The standard InChI is InChI=1S/C20H19NO5S/c1-24-14-7-8-15-13(11-25-17(15)10-14)9-20(23)26-12-19(22)21-16-5-3-4-6-18(16)27-2/h3-8,10-11H,9,12H2,1-2H3,(H,21,22). The molecule has 0 fully saturated rings. The zero-order valence-electron chi connectivity index (χ0n) is 15.0. The maximum absolute atomic E-state index is 12.1. The fraction of sp³-hybridized carbons (Fsp3) is 0.200. The van der Waals surface area contributed by atoms with E-state index in [-0.39, 0.29) is 18.9 Å². The Morgan fingerprint density at radius 3 is 2.78 bits per heavy atom. The molecular weight excluding hydrogens is 366 g/mol. The molecule has 1 heterocycles. The van der Waals surface area contributed by atoms with Gasteiger partial charge >= 0.3 is 5.97 Å². The summed E-state index contributed by atoms with van der Waals surface area (Å²) in [7, 11) is 1.57. The molecule has 0 unspecified atom stereocenters. The number of furan rings is 1. The van der Waals surface area contributed by atoms with Gasteiger partial charge in [0, 0.05) is 21.9 Å². The molecule has 27 heavy (non-hydrogen) atoms. The largest absolute Gasteiger partial charge is 0.497 e. The number of fused-ring (bicyclic) bond motifs is 1. The molecule has 0 bridgehead atoms. The fourth-order valence-electron chi connectivity index (χ4n) is 2.61. The second-order valence-corrected chi connectivity index (χ2v) is 6.56. The molecule has 0 radical (unpaired) electrons. The first-order valence-corrected chi connectivity index (χ1v) is 9.46. The van der Waals surface area contributed by atoms with Gasteiger partial charge in [0.25, 0.3) is 5.91 Å². The van der Waals surface area contributed by atoms with Crippen molar-refractivity contribution in [2.24, 2.45) is 0 Å². The molecule has 0 aliphatic heterocycles. The molecule has 0 atom stereocenters. The Kier molecular flexibility index (Phi) is 6.03. The smallest absolute Gasteiger partial charge is 0.310 e. The molecule has 0 aliphatic rings. The molecular formula is C20H19NO5S. The highest BCUT2D eigenvalue weighted by molar-refractivity contribution is 7.98. The van der Waals surface area contributed by atoms with Crippen LogP contribution in [0.3, 0.4) is 0 Å². The topological polar surface area (TPSA) is 77.8 Å². The molecule has 3 aromatic rings. The normalized spacial score (nSPS) is 10.6. The number of benzene rings is 2.